The van der Waals surface area contributed by atoms with Crippen LogP contribution in [0.4, 0.5) is 0 Å². The van der Waals surface area contributed by atoms with Gasteiger partial charge in [-0.05, 0) is 18.2 Å². The second-order valence-electron chi connectivity index (χ2n) is 3.88. The maximum absolute atomic E-state index is 12.1. The van der Waals surface area contributed by atoms with Crippen molar-refractivity contribution in [3.63, 3.8) is 0 Å². The summed E-state index contributed by atoms with van der Waals surface area (Å²) in [5.41, 5.74) is 1.10. The molecule has 0 heterocycles. The van der Waals surface area contributed by atoms with Crippen LogP contribution in [0, 0.1) is 11.8 Å². The number of hydrogen-bond acceptors (Lipinski definition) is 3. The van der Waals surface area contributed by atoms with E-state index in [0.717, 1.165) is 0 Å². The molecule has 1 aromatic carbocycles. The summed E-state index contributed by atoms with van der Waals surface area (Å²) >= 11 is 0. The predicted octanol–water partition coefficient (Wildman–Crippen LogP) is -0.152. The third-order valence-electron chi connectivity index (χ3n) is 2.43. The van der Waals surface area contributed by atoms with Gasteiger partial charge in [0.1, 0.15) is 6.61 Å². The first kappa shape index (κ1) is 14.7. The molecule has 0 radical (unpaired) electrons. The molecule has 0 fully saturated rings. The van der Waals surface area contributed by atoms with Gasteiger partial charge in [-0.15, -0.1) is 0 Å². The molecule has 0 bridgehead atoms. The number of amides is 2. The molecule has 0 unspecified atom stereocenters. The maximum atomic E-state index is 12.1. The molecule has 0 aliphatic carbocycles. The summed E-state index contributed by atoms with van der Waals surface area (Å²) in [5.74, 6) is 4.77. The van der Waals surface area contributed by atoms with E-state index in [4.69, 9.17) is 5.11 Å². The zero-order valence-electron chi connectivity index (χ0n) is 10.9. The van der Waals surface area contributed by atoms with Crippen LogP contribution in [0.3, 0.4) is 0 Å². The number of likely N-dealkylation sites (N-methyl/N-ethyl adjacent to an activating group) is 2. The molecule has 1 aromatic rings. The van der Waals surface area contributed by atoms with E-state index in [0.29, 0.717) is 11.1 Å². The highest BCUT2D eigenvalue weighted by molar-refractivity contribution is 5.96. The molecule has 0 aliphatic heterocycles. The number of rotatable bonds is 3. The van der Waals surface area contributed by atoms with Crippen LogP contribution in [0.15, 0.2) is 24.3 Å². The number of aliphatic hydroxyl groups is 1. The van der Waals surface area contributed by atoms with Crippen LogP contribution in [0.1, 0.15) is 15.9 Å². The molecular weight excluding hydrogens is 244 g/mol. The first-order valence-electron chi connectivity index (χ1n) is 5.74. The summed E-state index contributed by atoms with van der Waals surface area (Å²) in [6.07, 6.45) is 0. The standard InChI is InChI=1S/C14H16N2O3/c1-15-13(18)10-16(2)14(19)12-7-3-5-11(9-12)6-4-8-17/h3,5,7,9,17H,8,10H2,1-2H3,(H,15,18). The Bertz CT molecular complexity index is 529. The summed E-state index contributed by atoms with van der Waals surface area (Å²) in [6.45, 7) is -0.226. The summed E-state index contributed by atoms with van der Waals surface area (Å²) < 4.78 is 0. The molecule has 5 heteroatoms. The summed E-state index contributed by atoms with van der Waals surface area (Å²) in [6, 6.07) is 6.75. The molecule has 0 saturated carbocycles. The van der Waals surface area contributed by atoms with Crippen molar-refractivity contribution in [2.45, 2.75) is 0 Å². The number of aliphatic hydroxyl groups excluding tert-OH is 1. The monoisotopic (exact) mass is 260 g/mol. The average molecular weight is 260 g/mol. The fourth-order valence-electron chi connectivity index (χ4n) is 1.46. The Hall–Kier alpha value is -2.32. The number of nitrogens with zero attached hydrogens (tertiary/aromatic N) is 1. The fourth-order valence-corrected chi connectivity index (χ4v) is 1.46. The summed E-state index contributed by atoms with van der Waals surface area (Å²) in [7, 11) is 3.08. The smallest absolute Gasteiger partial charge is 0.254 e. The van der Waals surface area contributed by atoms with Crippen molar-refractivity contribution in [3.8, 4) is 11.8 Å². The van der Waals surface area contributed by atoms with E-state index in [1.807, 2.05) is 0 Å². The zero-order chi connectivity index (χ0) is 14.3. The Labute approximate surface area is 112 Å². The minimum atomic E-state index is -0.253. The lowest BCUT2D eigenvalue weighted by atomic mass is 10.1. The first-order valence-corrected chi connectivity index (χ1v) is 5.74. The van der Waals surface area contributed by atoms with Crippen molar-refractivity contribution >= 4 is 11.8 Å². The molecule has 0 saturated heterocycles. The van der Waals surface area contributed by atoms with Crippen LogP contribution in [-0.4, -0.2) is 49.1 Å². The predicted molar refractivity (Wildman–Crippen MR) is 71.4 cm³/mol. The quantitative estimate of drug-likeness (QED) is 0.742. The molecule has 19 heavy (non-hydrogen) atoms. The Morgan fingerprint density at radius 2 is 2.16 bits per heavy atom. The van der Waals surface area contributed by atoms with Gasteiger partial charge in [0, 0.05) is 25.2 Å². The summed E-state index contributed by atoms with van der Waals surface area (Å²) in [5, 5.41) is 11.1. The third kappa shape index (κ3) is 4.45. The second-order valence-corrected chi connectivity index (χ2v) is 3.88. The molecule has 0 atom stereocenters. The van der Waals surface area contributed by atoms with Gasteiger partial charge in [0.2, 0.25) is 5.91 Å². The van der Waals surface area contributed by atoms with Gasteiger partial charge in [-0.25, -0.2) is 0 Å². The topological polar surface area (TPSA) is 69.6 Å². The summed E-state index contributed by atoms with van der Waals surface area (Å²) in [4.78, 5) is 24.6. The van der Waals surface area contributed by atoms with E-state index in [1.54, 1.807) is 31.3 Å². The molecule has 100 valence electrons. The largest absolute Gasteiger partial charge is 0.384 e. The highest BCUT2D eigenvalue weighted by Crippen LogP contribution is 2.07. The second kappa shape index (κ2) is 7.19. The van der Waals surface area contributed by atoms with Crippen LogP contribution >= 0.6 is 0 Å². The molecule has 5 nitrogen and oxygen atoms in total. The van der Waals surface area contributed by atoms with Gasteiger partial charge in [-0.1, -0.05) is 17.9 Å². The lowest BCUT2D eigenvalue weighted by molar-refractivity contribution is -0.121. The molecule has 0 spiro atoms. The lowest BCUT2D eigenvalue weighted by Gasteiger charge is -2.16. The zero-order valence-corrected chi connectivity index (χ0v) is 10.9. The Morgan fingerprint density at radius 3 is 2.79 bits per heavy atom. The van der Waals surface area contributed by atoms with Crippen molar-refractivity contribution in [1.82, 2.24) is 10.2 Å². The first-order chi connectivity index (χ1) is 9.08. The van der Waals surface area contributed by atoms with E-state index in [1.165, 1.54) is 11.9 Å². The lowest BCUT2D eigenvalue weighted by Crippen LogP contribution is -2.36. The van der Waals surface area contributed by atoms with Crippen LogP contribution < -0.4 is 5.32 Å². The van der Waals surface area contributed by atoms with Gasteiger partial charge in [-0.2, -0.15) is 0 Å². The van der Waals surface area contributed by atoms with Crippen molar-refractivity contribution in [2.75, 3.05) is 27.2 Å². The molecular formula is C14H16N2O3. The maximum Gasteiger partial charge on any atom is 0.254 e. The van der Waals surface area contributed by atoms with Crippen molar-refractivity contribution < 1.29 is 14.7 Å². The van der Waals surface area contributed by atoms with Gasteiger partial charge < -0.3 is 15.3 Å². The van der Waals surface area contributed by atoms with Crippen molar-refractivity contribution in [1.29, 1.82) is 0 Å². The normalized spacial score (nSPS) is 9.21. The number of hydrogen-bond donors (Lipinski definition) is 2. The average Bonchev–Trinajstić information content (AvgIpc) is 2.44. The minimum Gasteiger partial charge on any atom is -0.384 e. The third-order valence-corrected chi connectivity index (χ3v) is 2.43. The van der Waals surface area contributed by atoms with Crippen LogP contribution in [0.25, 0.3) is 0 Å². The molecule has 2 N–H and O–H groups in total. The molecule has 0 aromatic heterocycles. The van der Waals surface area contributed by atoms with Gasteiger partial charge in [-0.3, -0.25) is 9.59 Å². The number of nitrogens with one attached hydrogen (secondary N) is 1. The number of carbonyl (C=O) groups excluding carboxylic acids is 2. The molecule has 2 amide bonds. The minimum absolute atomic E-state index is 0.00186. The van der Waals surface area contributed by atoms with E-state index in [-0.39, 0.29) is 25.0 Å². The highest BCUT2D eigenvalue weighted by atomic mass is 16.2. The fraction of sp³-hybridized carbons (Fsp3) is 0.286. The van der Waals surface area contributed by atoms with E-state index < -0.39 is 0 Å². The van der Waals surface area contributed by atoms with E-state index in [2.05, 4.69) is 17.2 Å². The Balaban J connectivity index is 2.84. The van der Waals surface area contributed by atoms with Gasteiger partial charge in [0.05, 0.1) is 6.54 Å². The highest BCUT2D eigenvalue weighted by Gasteiger charge is 2.14. The molecule has 0 aliphatic rings. The Kier molecular flexibility index (Phi) is 5.58. The van der Waals surface area contributed by atoms with Gasteiger partial charge in [0.25, 0.3) is 5.91 Å². The molecule has 1 rings (SSSR count). The van der Waals surface area contributed by atoms with Crippen LogP contribution in [-0.2, 0) is 4.79 Å². The van der Waals surface area contributed by atoms with Crippen molar-refractivity contribution in [3.05, 3.63) is 35.4 Å². The van der Waals surface area contributed by atoms with Crippen LogP contribution in [0.2, 0.25) is 0 Å². The number of benzene rings is 1. The SMILES string of the molecule is CNC(=O)CN(C)C(=O)c1cccc(C#CCO)c1. The van der Waals surface area contributed by atoms with Crippen LogP contribution in [0.5, 0.6) is 0 Å². The van der Waals surface area contributed by atoms with Gasteiger partial charge in [0.15, 0.2) is 0 Å². The van der Waals surface area contributed by atoms with Gasteiger partial charge >= 0.3 is 0 Å². The van der Waals surface area contributed by atoms with E-state index in [9.17, 15) is 9.59 Å². The number of carbonyl (C=O) groups is 2. The Morgan fingerprint density at radius 1 is 1.42 bits per heavy atom. The van der Waals surface area contributed by atoms with E-state index >= 15 is 0 Å². The van der Waals surface area contributed by atoms with Crippen molar-refractivity contribution in [2.24, 2.45) is 0 Å².